The molecule has 7 nitrogen and oxygen atoms in total. The molecule has 0 saturated heterocycles. The van der Waals surface area contributed by atoms with Gasteiger partial charge in [-0.05, 0) is 26.8 Å². The van der Waals surface area contributed by atoms with E-state index in [1.54, 1.807) is 38.6 Å². The first-order valence-electron chi connectivity index (χ1n) is 6.49. The van der Waals surface area contributed by atoms with E-state index in [-0.39, 0.29) is 12.1 Å². The van der Waals surface area contributed by atoms with Gasteiger partial charge in [-0.2, -0.15) is 5.10 Å². The average Bonchev–Trinajstić information content (AvgIpc) is 2.69. The third kappa shape index (κ3) is 3.18. The number of benzene rings is 1. The molecule has 21 heavy (non-hydrogen) atoms. The van der Waals surface area contributed by atoms with Gasteiger partial charge in [0, 0.05) is 18.5 Å². The summed E-state index contributed by atoms with van der Waals surface area (Å²) in [5, 5.41) is 15.8. The number of fused-ring (bicyclic) bond motifs is 1. The molecule has 0 aliphatic heterocycles. The molecule has 0 spiro atoms. The van der Waals surface area contributed by atoms with Gasteiger partial charge >= 0.3 is 5.97 Å². The number of nitro groups is 1. The van der Waals surface area contributed by atoms with Crippen LogP contribution in [0.15, 0.2) is 18.3 Å². The van der Waals surface area contributed by atoms with Crippen LogP contribution in [0.5, 0.6) is 0 Å². The molecular formula is C14H17N3O4. The van der Waals surface area contributed by atoms with E-state index < -0.39 is 16.5 Å². The highest BCUT2D eigenvalue weighted by molar-refractivity contribution is 5.90. The quantitative estimate of drug-likeness (QED) is 0.492. The summed E-state index contributed by atoms with van der Waals surface area (Å²) in [7, 11) is 1.74. The maximum atomic E-state index is 12.0. The molecule has 1 aromatic carbocycles. The largest absolute Gasteiger partial charge is 0.460 e. The molecule has 0 amide bonds. The van der Waals surface area contributed by atoms with Crippen LogP contribution in [-0.2, 0) is 23.0 Å². The Bertz CT molecular complexity index is 713. The predicted octanol–water partition coefficient (Wildman–Crippen LogP) is 2.37. The van der Waals surface area contributed by atoms with E-state index >= 15 is 0 Å². The summed E-state index contributed by atoms with van der Waals surface area (Å²) in [6.07, 6.45) is 1.37. The third-order valence-corrected chi connectivity index (χ3v) is 2.96. The predicted molar refractivity (Wildman–Crippen MR) is 76.9 cm³/mol. The zero-order valence-electron chi connectivity index (χ0n) is 12.4. The number of carbonyl (C=O) groups excluding carboxylic acids is 1. The molecule has 0 aliphatic carbocycles. The standard InChI is InChI=1S/C14H17N3O4/c1-14(2,3)21-13(18)7-9-10-8-15-16(4)11(10)5-6-12(9)17(19)20/h5-6,8H,7H2,1-4H3. The van der Waals surface area contributed by atoms with Gasteiger partial charge in [-0.1, -0.05) is 0 Å². The van der Waals surface area contributed by atoms with Crippen molar-refractivity contribution in [3.05, 3.63) is 34.0 Å². The van der Waals surface area contributed by atoms with Gasteiger partial charge < -0.3 is 4.74 Å². The fraction of sp³-hybridized carbons (Fsp3) is 0.429. The summed E-state index contributed by atoms with van der Waals surface area (Å²) in [6.45, 7) is 5.26. The van der Waals surface area contributed by atoms with Crippen LogP contribution in [0.25, 0.3) is 10.9 Å². The Morgan fingerprint density at radius 1 is 1.43 bits per heavy atom. The van der Waals surface area contributed by atoms with Crippen LogP contribution in [0.1, 0.15) is 26.3 Å². The molecule has 7 heteroatoms. The molecule has 0 N–H and O–H groups in total. The van der Waals surface area contributed by atoms with Crippen LogP contribution in [-0.4, -0.2) is 26.3 Å². The summed E-state index contributed by atoms with van der Waals surface area (Å²) >= 11 is 0. The van der Waals surface area contributed by atoms with Crippen molar-refractivity contribution in [2.45, 2.75) is 32.8 Å². The normalized spacial score (nSPS) is 11.6. The lowest BCUT2D eigenvalue weighted by Crippen LogP contribution is -2.25. The molecule has 0 aliphatic rings. The van der Waals surface area contributed by atoms with Crippen molar-refractivity contribution in [1.29, 1.82) is 0 Å². The summed E-state index contributed by atoms with van der Waals surface area (Å²) in [6, 6.07) is 3.02. The van der Waals surface area contributed by atoms with Crippen molar-refractivity contribution < 1.29 is 14.5 Å². The van der Waals surface area contributed by atoms with Crippen LogP contribution in [0, 0.1) is 10.1 Å². The topological polar surface area (TPSA) is 87.3 Å². The van der Waals surface area contributed by atoms with Crippen molar-refractivity contribution in [2.75, 3.05) is 0 Å². The number of nitro benzene ring substituents is 1. The maximum Gasteiger partial charge on any atom is 0.311 e. The van der Waals surface area contributed by atoms with Gasteiger partial charge in [0.1, 0.15) is 5.60 Å². The number of hydrogen-bond donors (Lipinski definition) is 0. The van der Waals surface area contributed by atoms with Crippen LogP contribution in [0.2, 0.25) is 0 Å². The molecule has 0 unspecified atom stereocenters. The highest BCUT2D eigenvalue weighted by Gasteiger charge is 2.24. The number of hydrogen-bond acceptors (Lipinski definition) is 5. The Morgan fingerprint density at radius 2 is 2.10 bits per heavy atom. The Morgan fingerprint density at radius 3 is 2.67 bits per heavy atom. The number of nitrogens with zero attached hydrogens (tertiary/aromatic N) is 3. The van der Waals surface area contributed by atoms with Crippen molar-refractivity contribution >= 4 is 22.6 Å². The van der Waals surface area contributed by atoms with Crippen molar-refractivity contribution in [3.8, 4) is 0 Å². The van der Waals surface area contributed by atoms with Gasteiger partial charge in [0.2, 0.25) is 0 Å². The second-order valence-electron chi connectivity index (χ2n) is 5.78. The number of aryl methyl sites for hydroxylation is 1. The highest BCUT2D eigenvalue weighted by atomic mass is 16.6. The zero-order valence-corrected chi connectivity index (χ0v) is 12.4. The second kappa shape index (κ2) is 5.16. The second-order valence-corrected chi connectivity index (χ2v) is 5.78. The molecule has 0 radical (unpaired) electrons. The minimum absolute atomic E-state index is 0.0960. The van der Waals surface area contributed by atoms with E-state index in [9.17, 15) is 14.9 Å². The first-order chi connectivity index (χ1) is 9.69. The Labute approximate surface area is 121 Å². The van der Waals surface area contributed by atoms with E-state index in [1.165, 1.54) is 12.3 Å². The van der Waals surface area contributed by atoms with E-state index in [0.717, 1.165) is 5.52 Å². The molecule has 0 atom stereocenters. The lowest BCUT2D eigenvalue weighted by molar-refractivity contribution is -0.385. The number of rotatable bonds is 3. The minimum atomic E-state index is -0.630. The van der Waals surface area contributed by atoms with E-state index in [0.29, 0.717) is 10.9 Å². The molecule has 1 aromatic heterocycles. The molecule has 0 saturated carbocycles. The first kappa shape index (κ1) is 15.0. The Kier molecular flexibility index (Phi) is 3.67. The number of carbonyl (C=O) groups is 1. The van der Waals surface area contributed by atoms with Crippen molar-refractivity contribution in [2.24, 2.45) is 7.05 Å². The van der Waals surface area contributed by atoms with Gasteiger partial charge in [0.05, 0.1) is 28.6 Å². The first-order valence-corrected chi connectivity index (χ1v) is 6.49. The number of aromatic nitrogens is 2. The fourth-order valence-electron chi connectivity index (χ4n) is 2.15. The third-order valence-electron chi connectivity index (χ3n) is 2.96. The van der Waals surface area contributed by atoms with E-state index in [4.69, 9.17) is 4.74 Å². The maximum absolute atomic E-state index is 12.0. The fourth-order valence-corrected chi connectivity index (χ4v) is 2.15. The average molecular weight is 291 g/mol. The molecule has 2 rings (SSSR count). The molecule has 1 heterocycles. The van der Waals surface area contributed by atoms with Gasteiger partial charge in [0.25, 0.3) is 5.69 Å². The summed E-state index contributed by atoms with van der Waals surface area (Å²) in [5.74, 6) is -0.498. The molecule has 0 fully saturated rings. The van der Waals surface area contributed by atoms with E-state index in [1.807, 2.05) is 0 Å². The van der Waals surface area contributed by atoms with Gasteiger partial charge in [-0.25, -0.2) is 0 Å². The number of esters is 1. The van der Waals surface area contributed by atoms with Gasteiger partial charge in [-0.15, -0.1) is 0 Å². The monoisotopic (exact) mass is 291 g/mol. The minimum Gasteiger partial charge on any atom is -0.460 e. The summed E-state index contributed by atoms with van der Waals surface area (Å²) in [5.41, 5.74) is 0.342. The van der Waals surface area contributed by atoms with Gasteiger partial charge in [0.15, 0.2) is 0 Å². The molecular weight excluding hydrogens is 274 g/mol. The van der Waals surface area contributed by atoms with Crippen LogP contribution < -0.4 is 0 Å². The lowest BCUT2D eigenvalue weighted by Gasteiger charge is -2.19. The zero-order chi connectivity index (χ0) is 15.8. The lowest BCUT2D eigenvalue weighted by atomic mass is 10.0. The highest BCUT2D eigenvalue weighted by Crippen LogP contribution is 2.28. The smallest absolute Gasteiger partial charge is 0.311 e. The van der Waals surface area contributed by atoms with Gasteiger partial charge in [-0.3, -0.25) is 19.6 Å². The van der Waals surface area contributed by atoms with Crippen LogP contribution >= 0.6 is 0 Å². The molecule has 0 bridgehead atoms. The van der Waals surface area contributed by atoms with Crippen LogP contribution in [0.4, 0.5) is 5.69 Å². The SMILES string of the molecule is Cn1ncc2c(CC(=O)OC(C)(C)C)c([N+](=O)[O-])ccc21. The summed E-state index contributed by atoms with van der Waals surface area (Å²) in [4.78, 5) is 22.7. The number of ether oxygens (including phenoxy) is 1. The molecule has 2 aromatic rings. The van der Waals surface area contributed by atoms with E-state index in [2.05, 4.69) is 5.10 Å². The van der Waals surface area contributed by atoms with Crippen LogP contribution in [0.3, 0.4) is 0 Å². The van der Waals surface area contributed by atoms with Crippen molar-refractivity contribution in [1.82, 2.24) is 9.78 Å². The Hall–Kier alpha value is -2.44. The van der Waals surface area contributed by atoms with Crippen molar-refractivity contribution in [3.63, 3.8) is 0 Å². The Balaban J connectivity index is 2.47. The summed E-state index contributed by atoms with van der Waals surface area (Å²) < 4.78 is 6.85. The molecule has 112 valence electrons.